The molecule has 1 saturated heterocycles. The molecule has 1 N–H and O–H groups in total. The van der Waals surface area contributed by atoms with Crippen LogP contribution in [0, 0.1) is 5.92 Å². The van der Waals surface area contributed by atoms with Gasteiger partial charge in [0.05, 0.1) is 19.1 Å². The lowest BCUT2D eigenvalue weighted by Crippen LogP contribution is -2.48. The number of aromatic nitrogens is 1. The van der Waals surface area contributed by atoms with Gasteiger partial charge >= 0.3 is 5.97 Å². The van der Waals surface area contributed by atoms with Gasteiger partial charge in [0.25, 0.3) is 0 Å². The molecule has 22 heavy (non-hydrogen) atoms. The minimum atomic E-state index is -0.117. The van der Waals surface area contributed by atoms with Gasteiger partial charge in [-0.2, -0.15) is 0 Å². The predicted molar refractivity (Wildman–Crippen MR) is 93.0 cm³/mol. The molecule has 1 fully saturated rings. The molecular weight excluding hydrogens is 399 g/mol. The van der Waals surface area contributed by atoms with Crippen LogP contribution in [0.4, 0.5) is 0 Å². The van der Waals surface area contributed by atoms with Gasteiger partial charge in [0.15, 0.2) is 5.96 Å². The number of halogens is 1. The molecule has 0 aromatic carbocycles. The first-order valence-corrected chi connectivity index (χ1v) is 7.26. The van der Waals surface area contributed by atoms with Crippen molar-refractivity contribution < 1.29 is 14.1 Å². The number of ether oxygens (including phenoxy) is 1. The number of nitrogens with one attached hydrogen (secondary N) is 1. The largest absolute Gasteiger partial charge is 0.466 e. The zero-order chi connectivity index (χ0) is 15.1. The molecule has 0 saturated carbocycles. The molecular formula is C14H23IN4O3. The van der Waals surface area contributed by atoms with Crippen LogP contribution in [0.5, 0.6) is 0 Å². The average molecular weight is 422 g/mol. The molecule has 7 nitrogen and oxygen atoms in total. The second-order valence-electron chi connectivity index (χ2n) is 4.93. The van der Waals surface area contributed by atoms with Crippen molar-refractivity contribution in [2.45, 2.75) is 26.3 Å². The fraction of sp³-hybridized carbons (Fsp3) is 0.643. The smallest absolute Gasteiger partial charge is 0.310 e. The van der Waals surface area contributed by atoms with E-state index in [-0.39, 0.29) is 35.9 Å². The first kappa shape index (κ1) is 18.7. The van der Waals surface area contributed by atoms with Crippen LogP contribution in [0.15, 0.2) is 21.8 Å². The number of piperidine rings is 1. The molecule has 0 aliphatic carbocycles. The van der Waals surface area contributed by atoms with E-state index in [2.05, 4.69) is 20.4 Å². The van der Waals surface area contributed by atoms with E-state index >= 15 is 0 Å². The number of guanidine groups is 1. The summed E-state index contributed by atoms with van der Waals surface area (Å²) >= 11 is 0. The van der Waals surface area contributed by atoms with E-state index < -0.39 is 0 Å². The number of hydrogen-bond acceptors (Lipinski definition) is 5. The summed E-state index contributed by atoms with van der Waals surface area (Å²) in [6, 6.07) is 1.80. The molecule has 2 heterocycles. The lowest BCUT2D eigenvalue weighted by molar-refractivity contribution is -0.149. The summed E-state index contributed by atoms with van der Waals surface area (Å²) < 4.78 is 9.91. The van der Waals surface area contributed by atoms with Gasteiger partial charge in [-0.05, 0) is 19.8 Å². The Labute approximate surface area is 147 Å². The van der Waals surface area contributed by atoms with E-state index in [1.807, 2.05) is 6.92 Å². The number of rotatable bonds is 4. The van der Waals surface area contributed by atoms with E-state index in [1.165, 1.54) is 6.26 Å². The van der Waals surface area contributed by atoms with Crippen LogP contribution in [0.3, 0.4) is 0 Å². The SMILES string of the molecule is CCOC(=O)C1CCCN(C(=NC)NCc2ccon2)C1.I. The van der Waals surface area contributed by atoms with E-state index in [4.69, 9.17) is 9.26 Å². The molecule has 0 bridgehead atoms. The van der Waals surface area contributed by atoms with Crippen molar-refractivity contribution in [1.82, 2.24) is 15.4 Å². The van der Waals surface area contributed by atoms with Crippen LogP contribution in [0.25, 0.3) is 0 Å². The summed E-state index contributed by atoms with van der Waals surface area (Å²) in [5.74, 6) is 0.574. The first-order valence-electron chi connectivity index (χ1n) is 7.26. The van der Waals surface area contributed by atoms with Gasteiger partial charge in [0.1, 0.15) is 12.0 Å². The number of aliphatic imine (C=N–C) groups is 1. The summed E-state index contributed by atoms with van der Waals surface area (Å²) in [6.07, 6.45) is 3.36. The van der Waals surface area contributed by atoms with Crippen LogP contribution in [-0.4, -0.2) is 48.7 Å². The summed E-state index contributed by atoms with van der Waals surface area (Å²) in [5.41, 5.74) is 0.815. The third-order valence-corrected chi connectivity index (χ3v) is 3.47. The molecule has 1 aromatic heterocycles. The van der Waals surface area contributed by atoms with Crippen molar-refractivity contribution in [1.29, 1.82) is 0 Å². The summed E-state index contributed by atoms with van der Waals surface area (Å²) in [5, 5.41) is 7.08. The van der Waals surface area contributed by atoms with Crippen LogP contribution in [-0.2, 0) is 16.1 Å². The molecule has 8 heteroatoms. The topological polar surface area (TPSA) is 80.0 Å². The number of nitrogens with zero attached hydrogens (tertiary/aromatic N) is 3. The lowest BCUT2D eigenvalue weighted by Gasteiger charge is -2.33. The summed E-state index contributed by atoms with van der Waals surface area (Å²) in [7, 11) is 1.74. The van der Waals surface area contributed by atoms with Crippen molar-refractivity contribution in [2.24, 2.45) is 10.9 Å². The van der Waals surface area contributed by atoms with E-state index in [1.54, 1.807) is 13.1 Å². The zero-order valence-corrected chi connectivity index (χ0v) is 15.3. The van der Waals surface area contributed by atoms with Crippen molar-refractivity contribution in [2.75, 3.05) is 26.7 Å². The van der Waals surface area contributed by atoms with Crippen LogP contribution in [0.1, 0.15) is 25.5 Å². The lowest BCUT2D eigenvalue weighted by atomic mass is 9.98. The van der Waals surface area contributed by atoms with Gasteiger partial charge in [0, 0.05) is 26.2 Å². The highest BCUT2D eigenvalue weighted by atomic mass is 127. The van der Waals surface area contributed by atoms with E-state index in [9.17, 15) is 4.79 Å². The van der Waals surface area contributed by atoms with Gasteiger partial charge in [-0.25, -0.2) is 0 Å². The predicted octanol–water partition coefficient (Wildman–Crippen LogP) is 1.64. The van der Waals surface area contributed by atoms with Crippen LogP contribution >= 0.6 is 24.0 Å². The Morgan fingerprint density at radius 3 is 3.09 bits per heavy atom. The number of carbonyl (C=O) groups excluding carboxylic acids is 1. The molecule has 2 rings (SSSR count). The summed E-state index contributed by atoms with van der Waals surface area (Å²) in [4.78, 5) is 18.2. The standard InChI is InChI=1S/C14H22N4O3.HI/c1-3-20-13(19)11-5-4-7-18(10-11)14(15-2)16-9-12-6-8-21-17-12;/h6,8,11H,3-5,7,9-10H2,1-2H3,(H,15,16);1H. The van der Waals surface area contributed by atoms with Gasteiger partial charge < -0.3 is 19.5 Å². The monoisotopic (exact) mass is 422 g/mol. The molecule has 1 atom stereocenters. The fourth-order valence-corrected chi connectivity index (χ4v) is 2.45. The Morgan fingerprint density at radius 1 is 1.64 bits per heavy atom. The van der Waals surface area contributed by atoms with Gasteiger partial charge in [-0.1, -0.05) is 5.16 Å². The van der Waals surface area contributed by atoms with Crippen LogP contribution in [0.2, 0.25) is 0 Å². The first-order chi connectivity index (χ1) is 10.2. The summed E-state index contributed by atoms with van der Waals surface area (Å²) in [6.45, 7) is 4.32. The number of carbonyl (C=O) groups is 1. The maximum absolute atomic E-state index is 11.9. The Bertz CT molecular complexity index is 478. The second kappa shape index (κ2) is 9.65. The molecule has 1 aromatic rings. The molecule has 1 unspecified atom stereocenters. The van der Waals surface area contributed by atoms with Gasteiger partial charge in [-0.15, -0.1) is 24.0 Å². The number of likely N-dealkylation sites (tertiary alicyclic amines) is 1. The zero-order valence-electron chi connectivity index (χ0n) is 12.9. The third-order valence-electron chi connectivity index (χ3n) is 3.47. The van der Waals surface area contributed by atoms with E-state index in [0.29, 0.717) is 19.7 Å². The maximum atomic E-state index is 11.9. The third kappa shape index (κ3) is 5.15. The molecule has 0 spiro atoms. The second-order valence-corrected chi connectivity index (χ2v) is 4.93. The van der Waals surface area contributed by atoms with Gasteiger partial charge in [-0.3, -0.25) is 9.79 Å². The average Bonchev–Trinajstić information content (AvgIpc) is 3.02. The molecule has 1 aliphatic heterocycles. The van der Waals surface area contributed by atoms with E-state index in [0.717, 1.165) is 31.0 Å². The van der Waals surface area contributed by atoms with Crippen molar-refractivity contribution in [3.05, 3.63) is 18.0 Å². The molecule has 0 radical (unpaired) electrons. The molecule has 1 aliphatic rings. The Balaban J connectivity index is 0.00000242. The fourth-order valence-electron chi connectivity index (χ4n) is 2.45. The minimum absolute atomic E-state index is 0. The molecule has 0 amide bonds. The highest BCUT2D eigenvalue weighted by Crippen LogP contribution is 2.18. The van der Waals surface area contributed by atoms with Crippen LogP contribution < -0.4 is 5.32 Å². The Kier molecular flexibility index (Phi) is 8.21. The maximum Gasteiger partial charge on any atom is 0.310 e. The highest BCUT2D eigenvalue weighted by molar-refractivity contribution is 14.0. The normalized spacial score (nSPS) is 18.5. The Hall–Kier alpha value is -1.32. The highest BCUT2D eigenvalue weighted by Gasteiger charge is 2.28. The quantitative estimate of drug-likeness (QED) is 0.344. The molecule has 124 valence electrons. The Morgan fingerprint density at radius 2 is 2.45 bits per heavy atom. The number of hydrogen-bond donors (Lipinski definition) is 1. The minimum Gasteiger partial charge on any atom is -0.466 e. The number of esters is 1. The van der Waals surface area contributed by atoms with Crippen molar-refractivity contribution >= 4 is 35.9 Å². The van der Waals surface area contributed by atoms with Gasteiger partial charge in [0.2, 0.25) is 0 Å². The van der Waals surface area contributed by atoms with Crippen molar-refractivity contribution in [3.8, 4) is 0 Å². The van der Waals surface area contributed by atoms with Crippen molar-refractivity contribution in [3.63, 3.8) is 0 Å².